The van der Waals surface area contributed by atoms with Crippen molar-refractivity contribution in [2.45, 2.75) is 27.7 Å². The standard InChI is InChI=1S/C5H5N.2C4H8N2O2.CF3.Co/c1-2-4-6-5-3-1;2*1-3(5-7)4(2)6-8;2-1(3)4;/h1-5H;2*7-8H,1-2H3;;/q;;;-1;/p-4. The van der Waals surface area contributed by atoms with Crippen molar-refractivity contribution in [3.05, 3.63) is 58.1 Å². The Kier molecular flexibility index (Phi) is 27.7. The van der Waals surface area contributed by atoms with Gasteiger partial charge in [-0.3, -0.25) is 4.98 Å². The van der Waals surface area contributed by atoms with Crippen molar-refractivity contribution < 1.29 is 30.0 Å². The molecule has 1 radical (unpaired) electrons. The summed E-state index contributed by atoms with van der Waals surface area (Å²) in [6.45, 7) is 2.65. The van der Waals surface area contributed by atoms with E-state index in [4.69, 9.17) is 0 Å². The molecule has 0 aliphatic carbocycles. The molecule has 0 saturated carbocycles. The van der Waals surface area contributed by atoms with Crippen LogP contribution < -0.4 is 0 Å². The minimum absolute atomic E-state index is 0. The van der Waals surface area contributed by atoms with Gasteiger partial charge in [-0.25, -0.2) is 0 Å². The molecule has 157 valence electrons. The molecule has 0 amide bonds. The molecule has 1 aromatic rings. The van der Waals surface area contributed by atoms with Gasteiger partial charge in [-0.15, -0.1) is 0 Å². The Morgan fingerprint density at radius 2 is 0.889 bits per heavy atom. The molecule has 1 rings (SSSR count). The van der Waals surface area contributed by atoms with E-state index in [0.29, 0.717) is 0 Å². The van der Waals surface area contributed by atoms with Crippen molar-refractivity contribution >= 4 is 22.8 Å². The van der Waals surface area contributed by atoms with Gasteiger partial charge in [0, 0.05) is 52.0 Å². The third kappa shape index (κ3) is 28.4. The summed E-state index contributed by atoms with van der Waals surface area (Å²) in [6.07, 6.45) is 3.50. The van der Waals surface area contributed by atoms with Crippen LogP contribution in [0.4, 0.5) is 13.2 Å². The fourth-order valence-electron chi connectivity index (χ4n) is 0.577. The van der Waals surface area contributed by atoms with Crippen molar-refractivity contribution in [2.75, 3.05) is 0 Å². The third-order valence-electron chi connectivity index (χ3n) is 2.16. The molecule has 0 N–H and O–H groups in total. The summed E-state index contributed by atoms with van der Waals surface area (Å²) in [5.41, 5.74) is 0.556. The molecule has 0 atom stereocenters. The van der Waals surface area contributed by atoms with E-state index in [1.165, 1.54) is 27.7 Å². The molecule has 1 heterocycles. The van der Waals surface area contributed by atoms with Gasteiger partial charge in [-0.05, 0) is 39.8 Å². The SMILES string of the molecule is CC(=N[O-])C(C)=N[O-].CC(=N[O-])C(C)=N[O-].F[C-](F)F.[Co].c1ccncc1. The van der Waals surface area contributed by atoms with Crippen LogP contribution >= 0.6 is 0 Å². The van der Waals surface area contributed by atoms with Gasteiger partial charge >= 0.3 is 0 Å². The van der Waals surface area contributed by atoms with Crippen molar-refractivity contribution in [1.82, 2.24) is 4.98 Å². The van der Waals surface area contributed by atoms with Gasteiger partial charge in [0.1, 0.15) is 0 Å². The summed E-state index contributed by atoms with van der Waals surface area (Å²) in [6, 6.07) is 5.72. The van der Waals surface area contributed by atoms with Gasteiger partial charge in [0.15, 0.2) is 6.68 Å². The van der Waals surface area contributed by atoms with Gasteiger partial charge in [-0.1, -0.05) is 6.07 Å². The zero-order valence-corrected chi connectivity index (χ0v) is 15.8. The molecule has 0 fully saturated rings. The van der Waals surface area contributed by atoms with Crippen molar-refractivity contribution in [3.63, 3.8) is 0 Å². The molecule has 0 saturated heterocycles. The third-order valence-corrected chi connectivity index (χ3v) is 2.16. The van der Waals surface area contributed by atoms with Crippen LogP contribution in [-0.2, 0) is 16.8 Å². The smallest absolute Gasteiger partial charge is 0.154 e. The second-order valence-corrected chi connectivity index (χ2v) is 3.95. The van der Waals surface area contributed by atoms with Crippen LogP contribution in [0.1, 0.15) is 27.7 Å². The Balaban J connectivity index is -0.000000133. The van der Waals surface area contributed by atoms with Crippen molar-refractivity contribution in [1.29, 1.82) is 0 Å². The van der Waals surface area contributed by atoms with Crippen LogP contribution in [0.2, 0.25) is 0 Å². The molecule has 1 aromatic heterocycles. The first-order valence-electron chi connectivity index (χ1n) is 6.54. The average Bonchev–Trinajstić information content (AvgIpc) is 2.67. The zero-order valence-electron chi connectivity index (χ0n) is 14.7. The summed E-state index contributed by atoms with van der Waals surface area (Å²) in [4.78, 5) is 3.78. The van der Waals surface area contributed by atoms with Crippen LogP contribution in [-0.4, -0.2) is 27.8 Å². The fourth-order valence-corrected chi connectivity index (χ4v) is 0.577. The Hall–Kier alpha value is -2.67. The minimum Gasteiger partial charge on any atom is -0.792 e. The maximum atomic E-state index is 9.60. The van der Waals surface area contributed by atoms with Gasteiger partial charge in [-0.2, -0.15) is 0 Å². The van der Waals surface area contributed by atoms with E-state index in [0.717, 1.165) is 0 Å². The summed E-state index contributed by atoms with van der Waals surface area (Å²) in [5, 5.41) is 48.4. The van der Waals surface area contributed by atoms with Crippen LogP contribution in [0.15, 0.2) is 51.2 Å². The van der Waals surface area contributed by atoms with E-state index >= 15 is 0 Å². The summed E-state index contributed by atoms with van der Waals surface area (Å²) >= 11 is 0. The first-order chi connectivity index (χ1) is 12.2. The Bertz CT molecular complexity index is 480. The van der Waals surface area contributed by atoms with Crippen LogP contribution in [0.3, 0.4) is 0 Å². The van der Waals surface area contributed by atoms with E-state index in [1.54, 1.807) is 12.4 Å². The minimum atomic E-state index is -3.08. The number of rotatable bonds is 2. The molecule has 0 aromatic carbocycles. The molecule has 0 spiro atoms. The van der Waals surface area contributed by atoms with E-state index < -0.39 is 6.68 Å². The van der Waals surface area contributed by atoms with Crippen molar-refractivity contribution in [3.8, 4) is 0 Å². The molecule has 9 nitrogen and oxygen atoms in total. The second kappa shape index (κ2) is 23.3. The first kappa shape index (κ1) is 32.0. The van der Waals surface area contributed by atoms with E-state index in [1.807, 2.05) is 18.2 Å². The molecule has 13 heteroatoms. The normalized spacial score (nSPS) is 11.6. The average molecular weight is 435 g/mol. The largest absolute Gasteiger partial charge is 0.792 e. The molecule has 27 heavy (non-hydrogen) atoms. The molecule has 0 bridgehead atoms. The maximum Gasteiger partial charge on any atom is 0.154 e. The number of pyridine rings is 1. The molecular weight excluding hydrogens is 418 g/mol. The summed E-state index contributed by atoms with van der Waals surface area (Å²) in [5.74, 6) is 0. The molecule has 0 aliphatic heterocycles. The van der Waals surface area contributed by atoms with Crippen LogP contribution in [0.25, 0.3) is 0 Å². The molecule has 0 unspecified atom stereocenters. The van der Waals surface area contributed by atoms with Crippen molar-refractivity contribution in [2.24, 2.45) is 20.6 Å². The second-order valence-electron chi connectivity index (χ2n) is 3.95. The van der Waals surface area contributed by atoms with Gasteiger partial charge < -0.3 is 54.6 Å². The maximum absolute atomic E-state index is 9.60. The van der Waals surface area contributed by atoms with E-state index in [2.05, 4.69) is 25.6 Å². The number of hydrogen-bond acceptors (Lipinski definition) is 9. The van der Waals surface area contributed by atoms with Crippen LogP contribution in [0, 0.1) is 27.5 Å². The molecular formula is C14H17CoF3N5O4-5. The number of nitrogens with zero attached hydrogens (tertiary/aromatic N) is 5. The van der Waals surface area contributed by atoms with E-state index in [9.17, 15) is 34.0 Å². The molecule has 0 aliphatic rings. The Morgan fingerprint density at radius 3 is 0.963 bits per heavy atom. The summed E-state index contributed by atoms with van der Waals surface area (Å²) in [7, 11) is 0. The van der Waals surface area contributed by atoms with Crippen LogP contribution in [0.5, 0.6) is 0 Å². The quantitative estimate of drug-likeness (QED) is 0.386. The predicted octanol–water partition coefficient (Wildman–Crippen LogP) is 4.23. The number of halogens is 3. The topological polar surface area (TPSA) is 155 Å². The van der Waals surface area contributed by atoms with Gasteiger partial charge in [0.05, 0.1) is 0 Å². The Morgan fingerprint density at radius 1 is 0.667 bits per heavy atom. The van der Waals surface area contributed by atoms with Gasteiger partial charge in [0.25, 0.3) is 0 Å². The summed E-state index contributed by atoms with van der Waals surface area (Å²) < 4.78 is 28.8. The number of aromatic nitrogens is 1. The van der Waals surface area contributed by atoms with Gasteiger partial charge in [0.2, 0.25) is 0 Å². The monoisotopic (exact) mass is 435 g/mol. The Labute approximate surface area is 164 Å². The van der Waals surface area contributed by atoms with E-state index in [-0.39, 0.29) is 39.6 Å². The fraction of sp³-hybridized carbons (Fsp3) is 0.286. The number of hydrogen-bond donors (Lipinski definition) is 0. The zero-order chi connectivity index (χ0) is 21.0. The predicted molar refractivity (Wildman–Crippen MR) is 96.7 cm³/mol. The first-order valence-corrected chi connectivity index (χ1v) is 6.54.